The lowest BCUT2D eigenvalue weighted by Crippen LogP contribution is -2.19. The summed E-state index contributed by atoms with van der Waals surface area (Å²) in [7, 11) is 0. The van der Waals surface area contributed by atoms with Crippen LogP contribution in [-0.4, -0.2) is 11.0 Å². The van der Waals surface area contributed by atoms with E-state index < -0.39 is 0 Å². The fourth-order valence-corrected chi connectivity index (χ4v) is 2.75. The van der Waals surface area contributed by atoms with E-state index >= 15 is 0 Å². The highest BCUT2D eigenvalue weighted by molar-refractivity contribution is 8.05. The van der Waals surface area contributed by atoms with Crippen LogP contribution in [-0.2, 0) is 0 Å². The Labute approximate surface area is 114 Å². The standard InChI is InChI=1S/C12H9Cl2NOS/c13-9-4-3-8(5-10(9)14)11(16)12(17-6-15)7-1-2-7/h3-5,7,12H,1-2H2. The molecule has 0 aliphatic heterocycles. The molecule has 1 atom stereocenters. The Morgan fingerprint density at radius 1 is 1.41 bits per heavy atom. The van der Waals surface area contributed by atoms with E-state index in [2.05, 4.69) is 0 Å². The van der Waals surface area contributed by atoms with Crippen molar-refractivity contribution in [3.63, 3.8) is 0 Å². The summed E-state index contributed by atoms with van der Waals surface area (Å²) in [5, 5.41) is 11.3. The SMILES string of the molecule is N#CSC(C(=O)c1ccc(Cl)c(Cl)c1)C1CC1. The molecule has 1 aliphatic carbocycles. The van der Waals surface area contributed by atoms with Gasteiger partial charge in [-0.05, 0) is 48.7 Å². The van der Waals surface area contributed by atoms with Gasteiger partial charge >= 0.3 is 0 Å². The number of thioether (sulfide) groups is 1. The van der Waals surface area contributed by atoms with Crippen molar-refractivity contribution in [2.24, 2.45) is 5.92 Å². The fraction of sp³-hybridized carbons (Fsp3) is 0.333. The van der Waals surface area contributed by atoms with E-state index in [1.807, 2.05) is 5.40 Å². The lowest BCUT2D eigenvalue weighted by Gasteiger charge is -2.10. The van der Waals surface area contributed by atoms with Crippen LogP contribution in [0.5, 0.6) is 0 Å². The van der Waals surface area contributed by atoms with Crippen molar-refractivity contribution in [3.8, 4) is 5.40 Å². The molecule has 0 heterocycles. The van der Waals surface area contributed by atoms with Crippen molar-refractivity contribution < 1.29 is 4.79 Å². The summed E-state index contributed by atoms with van der Waals surface area (Å²) < 4.78 is 0. The lowest BCUT2D eigenvalue weighted by molar-refractivity contribution is 0.0983. The molecule has 1 aromatic carbocycles. The second kappa shape index (κ2) is 5.30. The molecule has 17 heavy (non-hydrogen) atoms. The van der Waals surface area contributed by atoms with Crippen molar-refractivity contribution in [1.29, 1.82) is 5.26 Å². The number of halogens is 2. The third kappa shape index (κ3) is 2.95. The molecular formula is C12H9Cl2NOS. The minimum absolute atomic E-state index is 0.0300. The summed E-state index contributed by atoms with van der Waals surface area (Å²) in [6.45, 7) is 0. The molecular weight excluding hydrogens is 277 g/mol. The van der Waals surface area contributed by atoms with Gasteiger partial charge in [0.15, 0.2) is 5.78 Å². The molecule has 1 aromatic rings. The van der Waals surface area contributed by atoms with Gasteiger partial charge in [-0.2, -0.15) is 5.26 Å². The molecule has 1 saturated carbocycles. The molecule has 0 radical (unpaired) electrons. The van der Waals surface area contributed by atoms with Crippen LogP contribution in [0.25, 0.3) is 0 Å². The molecule has 1 unspecified atom stereocenters. The molecule has 0 spiro atoms. The zero-order valence-corrected chi connectivity index (χ0v) is 11.1. The maximum absolute atomic E-state index is 12.2. The number of rotatable bonds is 4. The number of thiocyanates is 1. The summed E-state index contributed by atoms with van der Waals surface area (Å²) in [6.07, 6.45) is 2.04. The van der Waals surface area contributed by atoms with E-state index in [1.165, 1.54) is 0 Å². The maximum atomic E-state index is 12.2. The van der Waals surface area contributed by atoms with Gasteiger partial charge in [-0.25, -0.2) is 0 Å². The average molecular weight is 286 g/mol. The first-order chi connectivity index (χ1) is 8.13. The smallest absolute Gasteiger partial charge is 0.177 e. The highest BCUT2D eigenvalue weighted by Crippen LogP contribution is 2.40. The highest BCUT2D eigenvalue weighted by atomic mass is 35.5. The van der Waals surface area contributed by atoms with Crippen molar-refractivity contribution in [1.82, 2.24) is 0 Å². The molecule has 0 saturated heterocycles. The normalized spacial score (nSPS) is 16.3. The first-order valence-electron chi connectivity index (χ1n) is 5.17. The van der Waals surface area contributed by atoms with Crippen LogP contribution in [0.15, 0.2) is 18.2 Å². The van der Waals surface area contributed by atoms with Crippen LogP contribution in [0.4, 0.5) is 0 Å². The summed E-state index contributed by atoms with van der Waals surface area (Å²) in [5.74, 6) is 0.305. The van der Waals surface area contributed by atoms with Crippen molar-refractivity contribution in [2.75, 3.05) is 0 Å². The molecule has 1 fully saturated rings. The molecule has 1 aliphatic rings. The quantitative estimate of drug-likeness (QED) is 0.616. The second-order valence-electron chi connectivity index (χ2n) is 3.96. The molecule has 0 N–H and O–H groups in total. The summed E-state index contributed by atoms with van der Waals surface area (Å²) >= 11 is 12.7. The second-order valence-corrected chi connectivity index (χ2v) is 5.70. The summed E-state index contributed by atoms with van der Waals surface area (Å²) in [5.41, 5.74) is 0.527. The predicted molar refractivity (Wildman–Crippen MR) is 70.5 cm³/mol. The van der Waals surface area contributed by atoms with E-state index in [1.54, 1.807) is 18.2 Å². The van der Waals surface area contributed by atoms with Gasteiger partial charge in [0.25, 0.3) is 0 Å². The molecule has 0 bridgehead atoms. The van der Waals surface area contributed by atoms with E-state index in [-0.39, 0.29) is 11.0 Å². The summed E-state index contributed by atoms with van der Waals surface area (Å²) in [6, 6.07) is 4.83. The number of carbonyl (C=O) groups excluding carboxylic acids is 1. The Kier molecular flexibility index (Phi) is 3.98. The van der Waals surface area contributed by atoms with Crippen LogP contribution in [0.2, 0.25) is 10.0 Å². The molecule has 88 valence electrons. The number of hydrogen-bond acceptors (Lipinski definition) is 3. The van der Waals surface area contributed by atoms with E-state index in [0.29, 0.717) is 21.5 Å². The molecule has 5 heteroatoms. The maximum Gasteiger partial charge on any atom is 0.177 e. The average Bonchev–Trinajstić information content (AvgIpc) is 3.13. The van der Waals surface area contributed by atoms with E-state index in [4.69, 9.17) is 28.5 Å². The number of ketones is 1. The zero-order chi connectivity index (χ0) is 12.4. The topological polar surface area (TPSA) is 40.9 Å². The molecule has 0 aromatic heterocycles. The highest BCUT2D eigenvalue weighted by Gasteiger charge is 2.37. The lowest BCUT2D eigenvalue weighted by atomic mass is 10.1. The van der Waals surface area contributed by atoms with Crippen molar-refractivity contribution >= 4 is 40.7 Å². The third-order valence-corrected chi connectivity index (χ3v) is 4.39. The first kappa shape index (κ1) is 12.8. The van der Waals surface area contributed by atoms with E-state index in [9.17, 15) is 4.79 Å². The number of Topliss-reactive ketones (excluding diaryl/α,β-unsaturated/α-hetero) is 1. The van der Waals surface area contributed by atoms with Gasteiger partial charge in [0.2, 0.25) is 0 Å². The zero-order valence-electron chi connectivity index (χ0n) is 8.82. The van der Waals surface area contributed by atoms with Gasteiger partial charge in [-0.15, -0.1) is 0 Å². The van der Waals surface area contributed by atoms with Gasteiger partial charge in [-0.3, -0.25) is 4.79 Å². The Bertz CT molecular complexity index is 494. The van der Waals surface area contributed by atoms with E-state index in [0.717, 1.165) is 24.6 Å². The van der Waals surface area contributed by atoms with Gasteiger partial charge < -0.3 is 0 Å². The van der Waals surface area contributed by atoms with Crippen LogP contribution in [0, 0.1) is 16.6 Å². The number of nitrogens with zero attached hydrogens (tertiary/aromatic N) is 1. The Hall–Kier alpha value is -0.690. The van der Waals surface area contributed by atoms with Crippen LogP contribution in [0.1, 0.15) is 23.2 Å². The number of hydrogen-bond donors (Lipinski definition) is 0. The number of benzene rings is 1. The predicted octanol–water partition coefficient (Wildman–Crippen LogP) is 4.17. The van der Waals surface area contributed by atoms with Gasteiger partial charge in [0, 0.05) is 5.56 Å². The fourth-order valence-electron chi connectivity index (χ4n) is 1.63. The Balaban J connectivity index is 2.22. The molecule has 2 nitrogen and oxygen atoms in total. The van der Waals surface area contributed by atoms with Gasteiger partial charge in [0.1, 0.15) is 5.40 Å². The molecule has 0 amide bonds. The molecule has 2 rings (SSSR count). The Morgan fingerprint density at radius 3 is 2.65 bits per heavy atom. The number of nitriles is 1. The van der Waals surface area contributed by atoms with Crippen molar-refractivity contribution in [2.45, 2.75) is 18.1 Å². The minimum Gasteiger partial charge on any atom is -0.293 e. The van der Waals surface area contributed by atoms with Crippen molar-refractivity contribution in [3.05, 3.63) is 33.8 Å². The minimum atomic E-state index is -0.266. The van der Waals surface area contributed by atoms with Crippen LogP contribution >= 0.6 is 35.0 Å². The van der Waals surface area contributed by atoms with Gasteiger partial charge in [-0.1, -0.05) is 23.2 Å². The number of carbonyl (C=O) groups is 1. The van der Waals surface area contributed by atoms with Crippen LogP contribution in [0.3, 0.4) is 0 Å². The summed E-state index contributed by atoms with van der Waals surface area (Å²) in [4.78, 5) is 12.2. The first-order valence-corrected chi connectivity index (χ1v) is 6.81. The van der Waals surface area contributed by atoms with Crippen LogP contribution < -0.4 is 0 Å². The van der Waals surface area contributed by atoms with Gasteiger partial charge in [0.05, 0.1) is 15.3 Å². The third-order valence-electron chi connectivity index (χ3n) is 2.69. The Morgan fingerprint density at radius 2 is 2.12 bits per heavy atom. The largest absolute Gasteiger partial charge is 0.293 e. The monoisotopic (exact) mass is 285 g/mol.